The molecule has 0 aliphatic rings. The zero-order chi connectivity index (χ0) is 18.0. The molecule has 0 bridgehead atoms. The summed E-state index contributed by atoms with van der Waals surface area (Å²) in [6, 6.07) is 12.7. The minimum absolute atomic E-state index is 0.162. The number of nitrogens with zero attached hydrogens (tertiary/aromatic N) is 3. The Morgan fingerprint density at radius 1 is 1.08 bits per heavy atom. The Morgan fingerprint density at radius 3 is 2.40 bits per heavy atom. The third kappa shape index (κ3) is 4.30. The van der Waals surface area contributed by atoms with E-state index < -0.39 is 0 Å². The number of benzene rings is 2. The molecule has 7 heteroatoms. The summed E-state index contributed by atoms with van der Waals surface area (Å²) in [5.41, 5.74) is 1.34. The molecule has 0 saturated heterocycles. The summed E-state index contributed by atoms with van der Waals surface area (Å²) in [6.07, 6.45) is 0. The highest BCUT2D eigenvalue weighted by atomic mass is 35.5. The Bertz CT molecular complexity index is 857. The van der Waals surface area contributed by atoms with E-state index >= 15 is 0 Å². The van der Waals surface area contributed by atoms with Crippen LogP contribution < -0.4 is 4.90 Å². The van der Waals surface area contributed by atoms with Gasteiger partial charge in [-0.25, -0.2) is 4.98 Å². The summed E-state index contributed by atoms with van der Waals surface area (Å²) < 4.78 is 1.05. The fourth-order valence-electron chi connectivity index (χ4n) is 2.39. The monoisotopic (exact) mass is 393 g/mol. The molecule has 1 heterocycles. The molecule has 0 unspecified atom stereocenters. The predicted molar refractivity (Wildman–Crippen MR) is 106 cm³/mol. The van der Waals surface area contributed by atoms with Crippen LogP contribution in [0, 0.1) is 0 Å². The molecule has 0 radical (unpaired) electrons. The second kappa shape index (κ2) is 7.70. The number of likely N-dealkylation sites (N-methyl/N-ethyl adjacent to an activating group) is 1. The molecule has 0 saturated carbocycles. The standard InChI is InChI=1S/C18H17Cl2N3OS/c1-22(2)7-8-23(17(24)12-9-13(19)11-14(20)10-12)18-21-15-5-3-4-6-16(15)25-18/h3-6,9-11H,7-8H2,1-2H3. The highest BCUT2D eigenvalue weighted by Gasteiger charge is 2.22. The maximum atomic E-state index is 13.1. The third-order valence-electron chi connectivity index (χ3n) is 3.64. The molecule has 0 fully saturated rings. The van der Waals surface area contributed by atoms with Crippen LogP contribution in [0.4, 0.5) is 5.13 Å². The summed E-state index contributed by atoms with van der Waals surface area (Å²) in [4.78, 5) is 21.4. The van der Waals surface area contributed by atoms with Gasteiger partial charge in [-0.15, -0.1) is 0 Å². The van der Waals surface area contributed by atoms with Gasteiger partial charge in [0.05, 0.1) is 10.2 Å². The van der Waals surface area contributed by atoms with E-state index in [4.69, 9.17) is 23.2 Å². The van der Waals surface area contributed by atoms with Gasteiger partial charge in [0.2, 0.25) is 0 Å². The van der Waals surface area contributed by atoms with Crippen LogP contribution in [0.2, 0.25) is 10.0 Å². The van der Waals surface area contributed by atoms with Crippen LogP contribution in [0.25, 0.3) is 10.2 Å². The highest BCUT2D eigenvalue weighted by Crippen LogP contribution is 2.30. The van der Waals surface area contributed by atoms with E-state index in [0.29, 0.717) is 27.3 Å². The van der Waals surface area contributed by atoms with E-state index in [2.05, 4.69) is 4.98 Å². The van der Waals surface area contributed by atoms with Crippen molar-refractivity contribution >= 4 is 55.8 Å². The van der Waals surface area contributed by atoms with Crippen molar-refractivity contribution in [3.63, 3.8) is 0 Å². The van der Waals surface area contributed by atoms with Crippen molar-refractivity contribution in [1.82, 2.24) is 9.88 Å². The van der Waals surface area contributed by atoms with Gasteiger partial charge in [-0.2, -0.15) is 0 Å². The molecule has 130 valence electrons. The van der Waals surface area contributed by atoms with E-state index in [1.165, 1.54) is 11.3 Å². The van der Waals surface area contributed by atoms with Crippen LogP contribution >= 0.6 is 34.5 Å². The van der Waals surface area contributed by atoms with Gasteiger partial charge in [-0.3, -0.25) is 9.69 Å². The molecule has 2 aromatic carbocycles. The largest absolute Gasteiger partial charge is 0.308 e. The summed E-state index contributed by atoms with van der Waals surface area (Å²) in [5.74, 6) is -0.162. The first-order valence-electron chi connectivity index (χ1n) is 7.72. The number of para-hydroxylation sites is 1. The highest BCUT2D eigenvalue weighted by molar-refractivity contribution is 7.22. The molecule has 0 N–H and O–H groups in total. The molecule has 25 heavy (non-hydrogen) atoms. The van der Waals surface area contributed by atoms with Crippen LogP contribution in [-0.4, -0.2) is 43.0 Å². The molecular formula is C18H17Cl2N3OS. The van der Waals surface area contributed by atoms with Gasteiger partial charge < -0.3 is 4.90 Å². The lowest BCUT2D eigenvalue weighted by atomic mass is 10.2. The van der Waals surface area contributed by atoms with Crippen molar-refractivity contribution in [2.45, 2.75) is 0 Å². The average molecular weight is 394 g/mol. The van der Waals surface area contributed by atoms with Crippen LogP contribution in [0.5, 0.6) is 0 Å². The van der Waals surface area contributed by atoms with E-state index in [-0.39, 0.29) is 5.91 Å². The summed E-state index contributed by atoms with van der Waals surface area (Å²) in [6.45, 7) is 1.24. The van der Waals surface area contributed by atoms with Crippen molar-refractivity contribution in [2.75, 3.05) is 32.1 Å². The van der Waals surface area contributed by atoms with Gasteiger partial charge in [0.1, 0.15) is 0 Å². The maximum absolute atomic E-state index is 13.1. The van der Waals surface area contributed by atoms with Gasteiger partial charge in [-0.05, 0) is 44.4 Å². The molecule has 0 aliphatic heterocycles. The summed E-state index contributed by atoms with van der Waals surface area (Å²) in [7, 11) is 3.94. The first kappa shape index (κ1) is 18.1. The Labute approximate surface area is 160 Å². The van der Waals surface area contributed by atoms with Gasteiger partial charge in [0.25, 0.3) is 5.91 Å². The lowest BCUT2D eigenvalue weighted by molar-refractivity contribution is 0.0985. The Balaban J connectivity index is 1.99. The summed E-state index contributed by atoms with van der Waals surface area (Å²) >= 11 is 13.6. The SMILES string of the molecule is CN(C)CCN(C(=O)c1cc(Cl)cc(Cl)c1)c1nc2ccccc2s1. The number of hydrogen-bond donors (Lipinski definition) is 0. The Morgan fingerprint density at radius 2 is 1.76 bits per heavy atom. The third-order valence-corrected chi connectivity index (χ3v) is 5.13. The van der Waals surface area contributed by atoms with Gasteiger partial charge in [0.15, 0.2) is 5.13 Å². The molecule has 3 rings (SSSR count). The Hall–Kier alpha value is -1.66. The number of hydrogen-bond acceptors (Lipinski definition) is 4. The predicted octanol–water partition coefficient (Wildman–Crippen LogP) is 4.81. The molecular weight excluding hydrogens is 377 g/mol. The van der Waals surface area contributed by atoms with Crippen molar-refractivity contribution in [1.29, 1.82) is 0 Å². The zero-order valence-electron chi connectivity index (χ0n) is 13.9. The first-order valence-corrected chi connectivity index (χ1v) is 9.29. The topological polar surface area (TPSA) is 36.4 Å². The molecule has 3 aromatic rings. The zero-order valence-corrected chi connectivity index (χ0v) is 16.2. The molecule has 1 amide bonds. The fraction of sp³-hybridized carbons (Fsp3) is 0.222. The number of fused-ring (bicyclic) bond motifs is 1. The summed E-state index contributed by atoms with van der Waals surface area (Å²) in [5, 5.41) is 1.55. The second-order valence-electron chi connectivity index (χ2n) is 5.88. The molecule has 0 aliphatic carbocycles. The number of aromatic nitrogens is 1. The number of amides is 1. The van der Waals surface area contributed by atoms with E-state index in [9.17, 15) is 4.79 Å². The minimum atomic E-state index is -0.162. The molecule has 0 atom stereocenters. The van der Waals surface area contributed by atoms with Crippen molar-refractivity contribution < 1.29 is 4.79 Å². The first-order chi connectivity index (χ1) is 11.9. The quantitative estimate of drug-likeness (QED) is 0.623. The number of rotatable bonds is 5. The van der Waals surface area contributed by atoms with Crippen LogP contribution in [-0.2, 0) is 0 Å². The number of anilines is 1. The van der Waals surface area contributed by atoms with Crippen LogP contribution in [0.15, 0.2) is 42.5 Å². The van der Waals surface area contributed by atoms with E-state index in [1.807, 2.05) is 43.3 Å². The lowest BCUT2D eigenvalue weighted by Crippen LogP contribution is -2.36. The molecule has 1 aromatic heterocycles. The van der Waals surface area contributed by atoms with Crippen LogP contribution in [0.1, 0.15) is 10.4 Å². The van der Waals surface area contributed by atoms with Crippen LogP contribution in [0.3, 0.4) is 0 Å². The molecule has 0 spiro atoms. The smallest absolute Gasteiger partial charge is 0.260 e. The van der Waals surface area contributed by atoms with Crippen molar-refractivity contribution in [3.8, 4) is 0 Å². The number of carbonyl (C=O) groups is 1. The molecule has 4 nitrogen and oxygen atoms in total. The van der Waals surface area contributed by atoms with Crippen molar-refractivity contribution in [3.05, 3.63) is 58.1 Å². The maximum Gasteiger partial charge on any atom is 0.260 e. The van der Waals surface area contributed by atoms with Gasteiger partial charge in [-0.1, -0.05) is 46.7 Å². The van der Waals surface area contributed by atoms with E-state index in [1.54, 1.807) is 23.1 Å². The second-order valence-corrected chi connectivity index (χ2v) is 7.76. The lowest BCUT2D eigenvalue weighted by Gasteiger charge is -2.22. The minimum Gasteiger partial charge on any atom is -0.308 e. The number of thiazole rings is 1. The van der Waals surface area contributed by atoms with Gasteiger partial charge in [0, 0.05) is 28.7 Å². The van der Waals surface area contributed by atoms with Gasteiger partial charge >= 0.3 is 0 Å². The fourth-order valence-corrected chi connectivity index (χ4v) is 3.91. The van der Waals surface area contributed by atoms with E-state index in [0.717, 1.165) is 16.8 Å². The number of halogens is 2. The van der Waals surface area contributed by atoms with Crippen molar-refractivity contribution in [2.24, 2.45) is 0 Å². The Kier molecular flexibility index (Phi) is 5.59. The average Bonchev–Trinajstić information content (AvgIpc) is 2.97. The number of carbonyl (C=O) groups excluding carboxylic acids is 1. The normalized spacial score (nSPS) is 11.2.